The Kier molecular flexibility index (Phi) is 5.74. The number of nitrogens with zero attached hydrogens (tertiary/aromatic N) is 1. The van der Waals surface area contributed by atoms with E-state index in [1.54, 1.807) is 7.05 Å². The summed E-state index contributed by atoms with van der Waals surface area (Å²) >= 11 is 0. The van der Waals surface area contributed by atoms with Gasteiger partial charge < -0.3 is 16.4 Å². The summed E-state index contributed by atoms with van der Waals surface area (Å²) in [4.78, 5) is 26.5. The van der Waals surface area contributed by atoms with E-state index in [-0.39, 0.29) is 23.8 Å². The molecule has 2 unspecified atom stereocenters. The summed E-state index contributed by atoms with van der Waals surface area (Å²) < 4.78 is 0. The van der Waals surface area contributed by atoms with Gasteiger partial charge in [-0.3, -0.25) is 14.5 Å². The van der Waals surface area contributed by atoms with Gasteiger partial charge in [0.1, 0.15) is 6.04 Å². The normalized spacial score (nSPS) is 22.6. The number of amides is 2. The van der Waals surface area contributed by atoms with Gasteiger partial charge in [0.15, 0.2) is 0 Å². The molecule has 0 spiro atoms. The second kappa shape index (κ2) is 7.57. The molecule has 4 N–H and O–H groups in total. The predicted molar refractivity (Wildman–Crippen MR) is 89.6 cm³/mol. The van der Waals surface area contributed by atoms with Crippen LogP contribution in [0.5, 0.6) is 0 Å². The molecule has 23 heavy (non-hydrogen) atoms. The van der Waals surface area contributed by atoms with Gasteiger partial charge in [0, 0.05) is 13.6 Å². The standard InChI is InChI=1S/C17H26N4O2/c1-17(11-18)8-9-21(12-17)10-14(22)20-15(16(23)19-2)13-6-4-3-5-7-13/h3-7,15H,8-12,18H2,1-2H3,(H,19,23)(H,20,22). The Labute approximate surface area is 137 Å². The Morgan fingerprint density at radius 2 is 2.04 bits per heavy atom. The molecular weight excluding hydrogens is 292 g/mol. The van der Waals surface area contributed by atoms with Crippen molar-refractivity contribution in [2.24, 2.45) is 11.1 Å². The summed E-state index contributed by atoms with van der Waals surface area (Å²) in [6, 6.07) is 8.58. The molecule has 6 heteroatoms. The van der Waals surface area contributed by atoms with E-state index in [1.165, 1.54) is 0 Å². The maximum Gasteiger partial charge on any atom is 0.246 e. The van der Waals surface area contributed by atoms with Gasteiger partial charge in [-0.1, -0.05) is 37.3 Å². The summed E-state index contributed by atoms with van der Waals surface area (Å²) in [7, 11) is 1.57. The Bertz CT molecular complexity index is 549. The molecular formula is C17H26N4O2. The lowest BCUT2D eigenvalue weighted by molar-refractivity contribution is -0.129. The first-order chi connectivity index (χ1) is 11.0. The van der Waals surface area contributed by atoms with E-state index in [4.69, 9.17) is 5.73 Å². The van der Waals surface area contributed by atoms with Crippen molar-refractivity contribution in [2.45, 2.75) is 19.4 Å². The molecule has 1 heterocycles. The van der Waals surface area contributed by atoms with E-state index < -0.39 is 6.04 Å². The first-order valence-corrected chi connectivity index (χ1v) is 7.96. The van der Waals surface area contributed by atoms with Crippen LogP contribution in [0.15, 0.2) is 30.3 Å². The van der Waals surface area contributed by atoms with Gasteiger partial charge in [-0.2, -0.15) is 0 Å². The van der Waals surface area contributed by atoms with Crippen LogP contribution >= 0.6 is 0 Å². The number of hydrogen-bond donors (Lipinski definition) is 3. The van der Waals surface area contributed by atoms with Gasteiger partial charge in [-0.05, 0) is 30.5 Å². The van der Waals surface area contributed by atoms with Crippen LogP contribution < -0.4 is 16.4 Å². The molecule has 2 atom stereocenters. The molecule has 1 aliphatic heterocycles. The molecule has 0 aromatic heterocycles. The van der Waals surface area contributed by atoms with Crippen LogP contribution in [0.4, 0.5) is 0 Å². The highest BCUT2D eigenvalue weighted by atomic mass is 16.2. The third-order valence-electron chi connectivity index (χ3n) is 4.44. The van der Waals surface area contributed by atoms with E-state index in [2.05, 4.69) is 22.5 Å². The van der Waals surface area contributed by atoms with Crippen molar-refractivity contribution in [3.63, 3.8) is 0 Å². The van der Waals surface area contributed by atoms with Crippen molar-refractivity contribution in [3.8, 4) is 0 Å². The minimum Gasteiger partial charge on any atom is -0.357 e. The molecule has 0 aliphatic carbocycles. The highest BCUT2D eigenvalue weighted by Gasteiger charge is 2.33. The zero-order valence-corrected chi connectivity index (χ0v) is 13.8. The summed E-state index contributed by atoms with van der Waals surface area (Å²) in [5.41, 5.74) is 6.65. The van der Waals surface area contributed by atoms with Crippen molar-refractivity contribution in [2.75, 3.05) is 33.2 Å². The van der Waals surface area contributed by atoms with Gasteiger partial charge in [-0.25, -0.2) is 0 Å². The van der Waals surface area contributed by atoms with Gasteiger partial charge in [0.25, 0.3) is 0 Å². The number of benzene rings is 1. The zero-order chi connectivity index (χ0) is 16.9. The Morgan fingerprint density at radius 1 is 1.35 bits per heavy atom. The first-order valence-electron chi connectivity index (χ1n) is 7.96. The van der Waals surface area contributed by atoms with Crippen molar-refractivity contribution in [3.05, 3.63) is 35.9 Å². The second-order valence-electron chi connectivity index (χ2n) is 6.50. The Balaban J connectivity index is 1.97. The molecule has 2 rings (SSSR count). The molecule has 126 valence electrons. The number of rotatable bonds is 6. The summed E-state index contributed by atoms with van der Waals surface area (Å²) in [5, 5.41) is 5.43. The fourth-order valence-corrected chi connectivity index (χ4v) is 2.93. The van der Waals surface area contributed by atoms with Crippen molar-refractivity contribution < 1.29 is 9.59 Å². The third kappa shape index (κ3) is 4.53. The smallest absolute Gasteiger partial charge is 0.246 e. The van der Waals surface area contributed by atoms with Crippen LogP contribution in [0.2, 0.25) is 0 Å². The Morgan fingerprint density at radius 3 is 2.61 bits per heavy atom. The lowest BCUT2D eigenvalue weighted by Gasteiger charge is -2.23. The summed E-state index contributed by atoms with van der Waals surface area (Å²) in [6.45, 7) is 4.72. The molecule has 1 aromatic carbocycles. The third-order valence-corrected chi connectivity index (χ3v) is 4.44. The minimum absolute atomic E-state index is 0.0832. The highest BCUT2D eigenvalue weighted by molar-refractivity contribution is 5.89. The molecule has 0 radical (unpaired) electrons. The summed E-state index contributed by atoms with van der Waals surface area (Å²) in [6.07, 6.45) is 0.994. The van der Waals surface area contributed by atoms with Crippen LogP contribution in [0.1, 0.15) is 24.9 Å². The number of carbonyl (C=O) groups is 2. The number of nitrogens with two attached hydrogens (primary N) is 1. The van der Waals surface area contributed by atoms with Gasteiger partial charge >= 0.3 is 0 Å². The van der Waals surface area contributed by atoms with Crippen LogP contribution in [-0.2, 0) is 9.59 Å². The fraction of sp³-hybridized carbons (Fsp3) is 0.529. The summed E-state index contributed by atoms with van der Waals surface area (Å²) in [5.74, 6) is -0.374. The van der Waals surface area contributed by atoms with E-state index in [1.807, 2.05) is 30.3 Å². The van der Waals surface area contributed by atoms with E-state index in [0.717, 1.165) is 25.1 Å². The highest BCUT2D eigenvalue weighted by Crippen LogP contribution is 2.28. The van der Waals surface area contributed by atoms with Crippen LogP contribution in [0, 0.1) is 5.41 Å². The average molecular weight is 318 g/mol. The SMILES string of the molecule is CNC(=O)C(NC(=O)CN1CCC(C)(CN)C1)c1ccccc1. The maximum absolute atomic E-state index is 12.3. The number of likely N-dealkylation sites (tertiary alicyclic amines) is 1. The maximum atomic E-state index is 12.3. The van der Waals surface area contributed by atoms with Crippen molar-refractivity contribution in [1.29, 1.82) is 0 Å². The van der Waals surface area contributed by atoms with Crippen molar-refractivity contribution in [1.82, 2.24) is 15.5 Å². The van der Waals surface area contributed by atoms with Gasteiger partial charge in [-0.15, -0.1) is 0 Å². The van der Waals surface area contributed by atoms with Gasteiger partial charge in [0.05, 0.1) is 6.54 Å². The van der Waals surface area contributed by atoms with Crippen LogP contribution in [0.3, 0.4) is 0 Å². The van der Waals surface area contributed by atoms with Crippen LogP contribution in [0.25, 0.3) is 0 Å². The lowest BCUT2D eigenvalue weighted by atomic mass is 9.90. The monoisotopic (exact) mass is 318 g/mol. The zero-order valence-electron chi connectivity index (χ0n) is 13.8. The number of hydrogen-bond acceptors (Lipinski definition) is 4. The minimum atomic E-state index is -0.669. The lowest BCUT2D eigenvalue weighted by Crippen LogP contribution is -2.43. The molecule has 6 nitrogen and oxygen atoms in total. The molecule has 2 amide bonds. The molecule has 0 saturated carbocycles. The largest absolute Gasteiger partial charge is 0.357 e. The van der Waals surface area contributed by atoms with Crippen molar-refractivity contribution >= 4 is 11.8 Å². The number of likely N-dealkylation sites (N-methyl/N-ethyl adjacent to an activating group) is 1. The van der Waals surface area contributed by atoms with E-state index >= 15 is 0 Å². The quantitative estimate of drug-likeness (QED) is 0.702. The molecule has 1 aromatic rings. The van der Waals surface area contributed by atoms with Crippen LogP contribution in [-0.4, -0.2) is 49.9 Å². The molecule has 1 aliphatic rings. The first kappa shape index (κ1) is 17.4. The number of carbonyl (C=O) groups excluding carboxylic acids is 2. The average Bonchev–Trinajstić information content (AvgIpc) is 2.94. The second-order valence-corrected chi connectivity index (χ2v) is 6.50. The molecule has 1 saturated heterocycles. The number of nitrogens with one attached hydrogen (secondary N) is 2. The van der Waals surface area contributed by atoms with E-state index in [9.17, 15) is 9.59 Å². The van der Waals surface area contributed by atoms with Gasteiger partial charge in [0.2, 0.25) is 11.8 Å². The van der Waals surface area contributed by atoms with E-state index in [0.29, 0.717) is 6.54 Å². The topological polar surface area (TPSA) is 87.5 Å². The molecule has 1 fully saturated rings. The Hall–Kier alpha value is -1.92. The predicted octanol–water partition coefficient (Wildman–Crippen LogP) is 0.261. The molecule has 0 bridgehead atoms. The fourth-order valence-electron chi connectivity index (χ4n) is 2.93.